The third kappa shape index (κ3) is 1.27. The molecule has 0 aromatic carbocycles. The molecular formula is C11H16N2O. The molecule has 14 heavy (non-hydrogen) atoms. The van der Waals surface area contributed by atoms with Gasteiger partial charge in [0.2, 0.25) is 0 Å². The molecule has 1 fully saturated rings. The smallest absolute Gasteiger partial charge is 0.109 e. The van der Waals surface area contributed by atoms with E-state index in [1.165, 1.54) is 30.8 Å². The molecule has 3 heteroatoms. The molecule has 1 aliphatic heterocycles. The molecule has 1 aromatic rings. The number of nitrogens with zero attached hydrogens (tertiary/aromatic N) is 2. The van der Waals surface area contributed by atoms with E-state index in [1.54, 1.807) is 0 Å². The lowest BCUT2D eigenvalue weighted by atomic mass is 10.1. The molecule has 2 heterocycles. The maximum Gasteiger partial charge on any atom is 0.109 e. The fourth-order valence-corrected chi connectivity index (χ4v) is 2.34. The second-order valence-corrected chi connectivity index (χ2v) is 4.49. The van der Waals surface area contributed by atoms with Crippen molar-refractivity contribution >= 4 is 0 Å². The Morgan fingerprint density at radius 3 is 3.00 bits per heavy atom. The van der Waals surface area contributed by atoms with Gasteiger partial charge in [-0.05, 0) is 25.7 Å². The molecule has 0 saturated heterocycles. The van der Waals surface area contributed by atoms with Crippen molar-refractivity contribution in [1.29, 1.82) is 0 Å². The highest BCUT2D eigenvalue weighted by Gasteiger charge is 2.29. The van der Waals surface area contributed by atoms with Crippen LogP contribution in [0.1, 0.15) is 49.2 Å². The van der Waals surface area contributed by atoms with Crippen LogP contribution in [0.15, 0.2) is 6.20 Å². The number of aryl methyl sites for hydroxylation is 1. The van der Waals surface area contributed by atoms with Crippen molar-refractivity contribution in [3.63, 3.8) is 0 Å². The summed E-state index contributed by atoms with van der Waals surface area (Å²) in [7, 11) is 0. The predicted molar refractivity (Wildman–Crippen MR) is 53.3 cm³/mol. The van der Waals surface area contributed by atoms with Gasteiger partial charge in [0, 0.05) is 18.5 Å². The highest BCUT2D eigenvalue weighted by atomic mass is 16.3. The van der Waals surface area contributed by atoms with Crippen LogP contribution < -0.4 is 0 Å². The summed E-state index contributed by atoms with van der Waals surface area (Å²) in [5, 5.41) is 9.25. The Labute approximate surface area is 83.8 Å². The molecular weight excluding hydrogens is 176 g/mol. The third-order valence-electron chi connectivity index (χ3n) is 3.37. The summed E-state index contributed by atoms with van der Waals surface area (Å²) in [6, 6.07) is 0.291. The summed E-state index contributed by atoms with van der Waals surface area (Å²) in [6.45, 7) is 0.257. The zero-order chi connectivity index (χ0) is 9.54. The Hall–Kier alpha value is -0.830. The van der Waals surface area contributed by atoms with Gasteiger partial charge in [-0.3, -0.25) is 0 Å². The van der Waals surface area contributed by atoms with E-state index >= 15 is 0 Å². The average molecular weight is 192 g/mol. The van der Waals surface area contributed by atoms with E-state index in [0.29, 0.717) is 6.04 Å². The van der Waals surface area contributed by atoms with Crippen molar-refractivity contribution in [2.45, 2.75) is 44.1 Å². The molecule has 1 atom stereocenters. The zero-order valence-corrected chi connectivity index (χ0v) is 8.32. The van der Waals surface area contributed by atoms with Crippen molar-refractivity contribution in [2.24, 2.45) is 0 Å². The molecule has 1 aromatic heterocycles. The van der Waals surface area contributed by atoms with E-state index < -0.39 is 0 Å². The largest absolute Gasteiger partial charge is 0.394 e. The topological polar surface area (TPSA) is 38.1 Å². The molecule has 0 amide bonds. The van der Waals surface area contributed by atoms with E-state index in [9.17, 15) is 5.11 Å². The van der Waals surface area contributed by atoms with E-state index in [-0.39, 0.29) is 6.61 Å². The van der Waals surface area contributed by atoms with Gasteiger partial charge in [0.25, 0.3) is 0 Å². The molecule has 2 aliphatic rings. The highest BCUT2D eigenvalue weighted by molar-refractivity contribution is 5.16. The fraction of sp³-hybridized carbons (Fsp3) is 0.727. The molecule has 3 nitrogen and oxygen atoms in total. The Morgan fingerprint density at radius 1 is 1.43 bits per heavy atom. The van der Waals surface area contributed by atoms with Gasteiger partial charge < -0.3 is 9.67 Å². The molecule has 76 valence electrons. The van der Waals surface area contributed by atoms with Crippen LogP contribution in [-0.4, -0.2) is 21.3 Å². The molecule has 1 N–H and O–H groups in total. The summed E-state index contributed by atoms with van der Waals surface area (Å²) in [4.78, 5) is 4.66. The van der Waals surface area contributed by atoms with Crippen LogP contribution in [0.25, 0.3) is 0 Å². The average Bonchev–Trinajstić information content (AvgIpc) is 2.97. The van der Waals surface area contributed by atoms with Gasteiger partial charge >= 0.3 is 0 Å². The molecule has 1 saturated carbocycles. The summed E-state index contributed by atoms with van der Waals surface area (Å²) in [5.41, 5.74) is 1.26. The Kier molecular flexibility index (Phi) is 1.87. The lowest BCUT2D eigenvalue weighted by molar-refractivity contribution is 0.206. The summed E-state index contributed by atoms with van der Waals surface area (Å²) in [6.07, 6.45) is 8.15. The maximum absolute atomic E-state index is 9.25. The molecule has 0 spiro atoms. The standard InChI is InChI=1S/C11H16N2O/c14-7-9-2-1-3-11-12-10(6-13(9)11)8-4-5-8/h6,8-9,14H,1-5,7H2. The van der Waals surface area contributed by atoms with Gasteiger partial charge in [-0.2, -0.15) is 0 Å². The van der Waals surface area contributed by atoms with E-state index in [4.69, 9.17) is 0 Å². The van der Waals surface area contributed by atoms with Crippen LogP contribution in [0.4, 0.5) is 0 Å². The lowest BCUT2D eigenvalue weighted by Crippen LogP contribution is -2.20. The van der Waals surface area contributed by atoms with Crippen LogP contribution in [0.2, 0.25) is 0 Å². The first-order valence-electron chi connectivity index (χ1n) is 5.57. The minimum Gasteiger partial charge on any atom is -0.394 e. The van der Waals surface area contributed by atoms with Gasteiger partial charge in [0.15, 0.2) is 0 Å². The quantitative estimate of drug-likeness (QED) is 0.773. The number of rotatable bonds is 2. The highest BCUT2D eigenvalue weighted by Crippen LogP contribution is 2.40. The second-order valence-electron chi connectivity index (χ2n) is 4.49. The molecule has 1 unspecified atom stereocenters. The summed E-state index contributed by atoms with van der Waals surface area (Å²) < 4.78 is 2.21. The van der Waals surface area contributed by atoms with Crippen LogP contribution in [0.3, 0.4) is 0 Å². The molecule has 1 aliphatic carbocycles. The van der Waals surface area contributed by atoms with Gasteiger partial charge in [-0.25, -0.2) is 4.98 Å². The first-order chi connectivity index (χ1) is 6.88. The number of aliphatic hydroxyl groups excluding tert-OH is 1. The number of imidazole rings is 1. The number of hydrogen-bond acceptors (Lipinski definition) is 2. The first kappa shape index (κ1) is 8.48. The first-order valence-corrected chi connectivity index (χ1v) is 5.57. The third-order valence-corrected chi connectivity index (χ3v) is 3.37. The van der Waals surface area contributed by atoms with Crippen LogP contribution >= 0.6 is 0 Å². The Morgan fingerprint density at radius 2 is 2.29 bits per heavy atom. The van der Waals surface area contributed by atoms with Crippen molar-refractivity contribution in [3.05, 3.63) is 17.7 Å². The number of aliphatic hydroxyl groups is 1. The van der Waals surface area contributed by atoms with Crippen LogP contribution in [0, 0.1) is 0 Å². The lowest BCUT2D eigenvalue weighted by Gasteiger charge is -2.22. The van der Waals surface area contributed by atoms with Crippen molar-refractivity contribution in [1.82, 2.24) is 9.55 Å². The second kappa shape index (κ2) is 3.09. The fourth-order valence-electron chi connectivity index (χ4n) is 2.34. The van der Waals surface area contributed by atoms with Crippen molar-refractivity contribution < 1.29 is 5.11 Å². The minimum atomic E-state index is 0.257. The maximum atomic E-state index is 9.25. The van der Waals surface area contributed by atoms with Gasteiger partial charge in [-0.1, -0.05) is 0 Å². The number of aromatic nitrogens is 2. The van der Waals surface area contributed by atoms with Crippen LogP contribution in [-0.2, 0) is 6.42 Å². The Balaban J connectivity index is 1.95. The Bertz CT molecular complexity index is 341. The van der Waals surface area contributed by atoms with Gasteiger partial charge in [-0.15, -0.1) is 0 Å². The van der Waals surface area contributed by atoms with E-state index in [0.717, 1.165) is 18.8 Å². The van der Waals surface area contributed by atoms with Crippen molar-refractivity contribution in [2.75, 3.05) is 6.61 Å². The van der Waals surface area contributed by atoms with E-state index in [2.05, 4.69) is 15.7 Å². The van der Waals surface area contributed by atoms with Gasteiger partial charge in [0.05, 0.1) is 18.3 Å². The number of hydrogen-bond donors (Lipinski definition) is 1. The SMILES string of the molecule is OCC1CCCc2nc(C3CC3)cn21. The normalized spacial score (nSPS) is 26.2. The predicted octanol–water partition coefficient (Wildman–Crippen LogP) is 1.63. The monoisotopic (exact) mass is 192 g/mol. The van der Waals surface area contributed by atoms with Gasteiger partial charge in [0.1, 0.15) is 5.82 Å². The minimum absolute atomic E-state index is 0.257. The molecule has 0 bridgehead atoms. The summed E-state index contributed by atoms with van der Waals surface area (Å²) >= 11 is 0. The van der Waals surface area contributed by atoms with Crippen LogP contribution in [0.5, 0.6) is 0 Å². The van der Waals surface area contributed by atoms with E-state index in [1.807, 2.05) is 0 Å². The zero-order valence-electron chi connectivity index (χ0n) is 8.32. The summed E-state index contributed by atoms with van der Waals surface area (Å²) in [5.74, 6) is 1.92. The molecule has 0 radical (unpaired) electrons. The van der Waals surface area contributed by atoms with Crippen molar-refractivity contribution in [3.8, 4) is 0 Å². The number of fused-ring (bicyclic) bond motifs is 1. The molecule has 3 rings (SSSR count).